The van der Waals surface area contributed by atoms with Gasteiger partial charge in [0.1, 0.15) is 0 Å². The third-order valence-corrected chi connectivity index (χ3v) is 2.99. The monoisotopic (exact) mass is 624 g/mol. The molecular weight excluding hydrogens is 612 g/mol. The zero-order valence-corrected chi connectivity index (χ0v) is 22.7. The van der Waals surface area contributed by atoms with Crippen LogP contribution in [0.1, 0.15) is 35.1 Å². The topological polar surface area (TPSA) is 0 Å². The zero-order valence-electron chi connectivity index (χ0n) is 15.3. The Morgan fingerprint density at radius 1 is 0.600 bits per heavy atom. The molecule has 0 aliphatic carbocycles. The third kappa shape index (κ3) is 11.7. The summed E-state index contributed by atoms with van der Waals surface area (Å²) in [4.78, 5) is 0. The Kier molecular flexibility index (Phi) is 19.4. The summed E-state index contributed by atoms with van der Waals surface area (Å²) >= 11 is -4.10. The van der Waals surface area contributed by atoms with Crippen LogP contribution in [0.5, 0.6) is 0 Å². The molecule has 0 aliphatic heterocycles. The summed E-state index contributed by atoms with van der Waals surface area (Å²) in [6.45, 7) is 4.19. The molecule has 0 unspecified atom stereocenters. The van der Waals surface area contributed by atoms with Crippen molar-refractivity contribution in [1.82, 2.24) is 0 Å². The molecule has 0 atom stereocenters. The Hall–Kier alpha value is 0.158. The maximum atomic E-state index is 12.7. The number of rotatable bonds is 2. The van der Waals surface area contributed by atoms with Crippen LogP contribution in [0.25, 0.3) is 0 Å². The van der Waals surface area contributed by atoms with E-state index in [1.165, 1.54) is 11.1 Å². The molecule has 0 nitrogen and oxygen atoms in total. The van der Waals surface area contributed by atoms with Gasteiger partial charge in [-0.3, -0.25) is 0 Å². The Balaban J connectivity index is -0.000000438. The average molecular weight is 624 g/mol. The van der Waals surface area contributed by atoms with E-state index in [9.17, 15) is 45.9 Å². The van der Waals surface area contributed by atoms with E-state index in [-0.39, 0.29) is 73.6 Å². The Morgan fingerprint density at radius 2 is 0.767 bits per heavy atom. The predicted octanol–water partition coefficient (Wildman–Crippen LogP) is 1.69. The number of hydrogen-bond acceptors (Lipinski definition) is 0. The molecule has 0 N–H and O–H groups in total. The van der Waals surface area contributed by atoms with E-state index in [0.717, 1.165) is 0 Å². The van der Waals surface area contributed by atoms with Crippen LogP contribution in [-0.4, -0.2) is 0 Å². The second-order valence-electron chi connectivity index (χ2n) is 4.98. The first-order chi connectivity index (χ1) is 12.8. The van der Waals surface area contributed by atoms with E-state index >= 15 is 0 Å². The molecule has 2 rings (SSSR count). The van der Waals surface area contributed by atoms with Crippen LogP contribution in [0.3, 0.4) is 0 Å². The van der Waals surface area contributed by atoms with Gasteiger partial charge in [-0.2, -0.15) is 0 Å². The second-order valence-corrected chi connectivity index (χ2v) is 5.43. The molecule has 0 spiro atoms. The molecule has 0 saturated carbocycles. The fourth-order valence-corrected chi connectivity index (χ4v) is 1.69. The molecule has 0 amide bonds. The normalized spacial score (nSPS) is 10.2. The molecule has 0 aliphatic rings. The molecule has 14 heteroatoms. The van der Waals surface area contributed by atoms with Gasteiger partial charge < -0.3 is 4.70 Å². The van der Waals surface area contributed by atoms with Crippen molar-refractivity contribution >= 4 is 0 Å². The maximum absolute atomic E-state index is 12.7. The van der Waals surface area contributed by atoms with E-state index in [2.05, 4.69) is 38.1 Å². The quantitative estimate of drug-likeness (QED) is 0.353. The van der Waals surface area contributed by atoms with Crippen LogP contribution in [-0.2, 0) is 15.0 Å². The van der Waals surface area contributed by atoms with Gasteiger partial charge in [-0.15, -0.1) is 0 Å². The number of aryl methyl sites for hydroxylation is 2. The van der Waals surface area contributed by atoms with Gasteiger partial charge in [0.2, 0.25) is 0 Å². The van der Waals surface area contributed by atoms with Crippen molar-refractivity contribution in [1.29, 1.82) is 0 Å². The fraction of sp³-hybridized carbons (Fsp3) is 0.250. The first-order valence-electron chi connectivity index (χ1n) is 6.91. The molecule has 0 heterocycles. The molecule has 170 valence electrons. The summed E-state index contributed by atoms with van der Waals surface area (Å²) in [7, 11) is 0. The standard InChI is InChI=1S/C8H2F8.C8H10.Co.Cs.4FH/c9-3-1(7(13)14)4(10)6(12)2(5(3)11)8(15)16;1-7-3-5-8(2)6-4-7;;;;;;/h7-8H;3-6H,1-2H3;;;4*1H/q;;+3;+1;;;;/p-4. The van der Waals surface area contributed by atoms with Gasteiger partial charge in [0.25, 0.3) is 12.9 Å². The van der Waals surface area contributed by atoms with Gasteiger partial charge >= 0.3 is 94.6 Å². The van der Waals surface area contributed by atoms with Gasteiger partial charge in [-0.1, -0.05) is 35.4 Å². The third-order valence-electron chi connectivity index (χ3n) is 2.99. The molecule has 0 aromatic heterocycles. The predicted molar refractivity (Wildman–Crippen MR) is 75.4 cm³/mol. The molecule has 0 fully saturated rings. The first kappa shape index (κ1) is 34.8. The van der Waals surface area contributed by atoms with Crippen LogP contribution in [0.2, 0.25) is 0 Å². The fourth-order valence-electron chi connectivity index (χ4n) is 1.69. The van der Waals surface area contributed by atoms with E-state index in [1.807, 2.05) is 0 Å². The summed E-state index contributed by atoms with van der Waals surface area (Å²) in [5, 5.41) is 0. The minimum absolute atomic E-state index is 0. The van der Waals surface area contributed by atoms with Gasteiger partial charge in [-0.25, -0.2) is 35.1 Å². The van der Waals surface area contributed by atoms with E-state index in [0.29, 0.717) is 0 Å². The van der Waals surface area contributed by atoms with Crippen LogP contribution in [0.15, 0.2) is 24.3 Å². The Morgan fingerprint density at radius 3 is 0.900 bits per heavy atom. The van der Waals surface area contributed by atoms with E-state index in [4.69, 9.17) is 0 Å². The summed E-state index contributed by atoms with van der Waals surface area (Å²) in [6.07, 6.45) is -7.70. The van der Waals surface area contributed by atoms with E-state index in [1.54, 1.807) is 0 Å². The van der Waals surface area contributed by atoms with Crippen LogP contribution in [0, 0.1) is 37.1 Å². The molecule has 2 aromatic rings. The van der Waals surface area contributed by atoms with Crippen molar-refractivity contribution in [2.45, 2.75) is 26.7 Å². The molecular formula is C16H12CoCsF12. The number of halogens is 12. The Bertz CT molecular complexity index is 661. The molecule has 30 heavy (non-hydrogen) atoms. The molecule has 0 saturated heterocycles. The second kappa shape index (κ2) is 16.7. The SMILES string of the molecule is Cc1ccc(C)cc1.Fc1c(F)c(C(F)F)c(F)c(F)c1C(F)F.[Cs+].[F-].[F][Co]([F])[F]. The number of benzene rings is 2. The van der Waals surface area contributed by atoms with Crippen molar-refractivity contribution in [3.63, 3.8) is 0 Å². The number of hydrogen-bond donors (Lipinski definition) is 0. The average Bonchev–Trinajstić information content (AvgIpc) is 2.55. The van der Waals surface area contributed by atoms with Gasteiger partial charge in [-0.05, 0) is 13.8 Å². The van der Waals surface area contributed by atoms with Crippen molar-refractivity contribution < 1.29 is 134 Å². The molecule has 0 bridgehead atoms. The van der Waals surface area contributed by atoms with Crippen molar-refractivity contribution in [3.8, 4) is 0 Å². The van der Waals surface area contributed by atoms with Gasteiger partial charge in [0.15, 0.2) is 23.3 Å². The van der Waals surface area contributed by atoms with Crippen LogP contribution in [0.4, 0.5) is 45.9 Å². The van der Waals surface area contributed by atoms with Crippen LogP contribution < -0.4 is 73.6 Å². The minimum atomic E-state index is -4.10. The Labute approximate surface area is 228 Å². The van der Waals surface area contributed by atoms with Crippen molar-refractivity contribution in [2.24, 2.45) is 0 Å². The summed E-state index contributed by atoms with van der Waals surface area (Å²) < 4.78 is 128. The van der Waals surface area contributed by atoms with Crippen molar-refractivity contribution in [3.05, 3.63) is 69.8 Å². The summed E-state index contributed by atoms with van der Waals surface area (Å²) in [5.41, 5.74) is -1.73. The van der Waals surface area contributed by atoms with Crippen molar-refractivity contribution in [2.75, 3.05) is 0 Å². The zero-order chi connectivity index (χ0) is 22.2. The summed E-state index contributed by atoms with van der Waals surface area (Å²) in [5.74, 6) is -10.0. The van der Waals surface area contributed by atoms with Crippen LogP contribution >= 0.6 is 0 Å². The molecule has 0 radical (unpaired) electrons. The van der Waals surface area contributed by atoms with Gasteiger partial charge in [0.05, 0.1) is 11.1 Å². The molecule has 2 aromatic carbocycles. The summed E-state index contributed by atoms with van der Waals surface area (Å²) in [6, 6.07) is 8.48. The van der Waals surface area contributed by atoms with Gasteiger partial charge in [0, 0.05) is 0 Å². The van der Waals surface area contributed by atoms with E-state index < -0.39 is 62.2 Å². The first-order valence-corrected chi connectivity index (χ1v) is 8.09. The number of alkyl halides is 4.